The molecule has 6 heteroatoms. The molecule has 2 N–H and O–H groups in total. The third-order valence-corrected chi connectivity index (χ3v) is 4.22. The lowest BCUT2D eigenvalue weighted by Crippen LogP contribution is -2.23. The zero-order valence-corrected chi connectivity index (χ0v) is 15.9. The quantitative estimate of drug-likeness (QED) is 0.671. The van der Waals surface area contributed by atoms with Gasteiger partial charge in [-0.05, 0) is 43.7 Å². The van der Waals surface area contributed by atoms with Gasteiger partial charge in [-0.3, -0.25) is 0 Å². The Hall–Kier alpha value is -1.46. The second-order valence-electron chi connectivity index (χ2n) is 5.68. The van der Waals surface area contributed by atoms with E-state index in [1.54, 1.807) is 25.1 Å². The molecule has 0 saturated heterocycles. The van der Waals surface area contributed by atoms with Crippen molar-refractivity contribution in [3.63, 3.8) is 0 Å². The van der Waals surface area contributed by atoms with Crippen LogP contribution in [-0.4, -0.2) is 24.4 Å². The summed E-state index contributed by atoms with van der Waals surface area (Å²) in [7, 11) is 0. The minimum atomic E-state index is -0.380. The number of nitrogens with one attached hydrogen (secondary N) is 1. The number of halogens is 2. The summed E-state index contributed by atoms with van der Waals surface area (Å²) in [5.41, 5.74) is 1.79. The Balaban J connectivity index is 2.08. The topological polar surface area (TPSA) is 50.7 Å². The second-order valence-corrected chi connectivity index (χ2v) is 6.50. The minimum Gasteiger partial charge on any atom is -0.490 e. The second kappa shape index (κ2) is 9.88. The molecule has 25 heavy (non-hydrogen) atoms. The van der Waals surface area contributed by atoms with Gasteiger partial charge in [0.1, 0.15) is 6.61 Å². The summed E-state index contributed by atoms with van der Waals surface area (Å²) >= 11 is 12.4. The highest BCUT2D eigenvalue weighted by Crippen LogP contribution is 2.31. The third kappa shape index (κ3) is 6.08. The monoisotopic (exact) mass is 383 g/mol. The van der Waals surface area contributed by atoms with Crippen molar-refractivity contribution in [2.24, 2.45) is 0 Å². The Morgan fingerprint density at radius 1 is 1.08 bits per heavy atom. The van der Waals surface area contributed by atoms with E-state index in [9.17, 15) is 5.11 Å². The summed E-state index contributed by atoms with van der Waals surface area (Å²) in [6.07, 6.45) is -0.380. The molecule has 0 unspecified atom stereocenters. The first kappa shape index (κ1) is 19.9. The van der Waals surface area contributed by atoms with Crippen LogP contribution in [0.1, 0.15) is 25.0 Å². The van der Waals surface area contributed by atoms with Gasteiger partial charge in [0.05, 0.1) is 12.7 Å². The average molecular weight is 384 g/mol. The molecular weight excluding hydrogens is 361 g/mol. The maximum atomic E-state index is 9.31. The van der Waals surface area contributed by atoms with Crippen LogP contribution in [0.3, 0.4) is 0 Å². The van der Waals surface area contributed by atoms with Gasteiger partial charge in [0.2, 0.25) is 0 Å². The van der Waals surface area contributed by atoms with E-state index in [0.717, 1.165) is 11.1 Å². The fourth-order valence-corrected chi connectivity index (χ4v) is 2.80. The van der Waals surface area contributed by atoms with Crippen molar-refractivity contribution in [3.05, 3.63) is 57.6 Å². The molecule has 0 aliphatic heterocycles. The Morgan fingerprint density at radius 2 is 1.80 bits per heavy atom. The van der Waals surface area contributed by atoms with Crippen LogP contribution >= 0.6 is 23.2 Å². The Bertz CT molecular complexity index is 672. The highest BCUT2D eigenvalue weighted by Gasteiger charge is 2.10. The van der Waals surface area contributed by atoms with E-state index < -0.39 is 0 Å². The van der Waals surface area contributed by atoms with E-state index in [1.165, 1.54) is 0 Å². The number of hydrogen-bond donors (Lipinski definition) is 2. The first-order valence-corrected chi connectivity index (χ1v) is 8.97. The number of hydrogen-bond acceptors (Lipinski definition) is 4. The molecular formula is C19H23Cl2NO3. The molecule has 4 nitrogen and oxygen atoms in total. The molecule has 0 aliphatic rings. The van der Waals surface area contributed by atoms with Crippen LogP contribution in [0.4, 0.5) is 0 Å². The zero-order valence-electron chi connectivity index (χ0n) is 14.4. The van der Waals surface area contributed by atoms with Crippen LogP contribution in [0.5, 0.6) is 11.5 Å². The summed E-state index contributed by atoms with van der Waals surface area (Å²) in [5.74, 6) is 1.30. The molecule has 0 heterocycles. The highest BCUT2D eigenvalue weighted by molar-refractivity contribution is 6.35. The minimum absolute atomic E-state index is 0.262. The zero-order chi connectivity index (χ0) is 18.2. The van der Waals surface area contributed by atoms with Crippen LogP contribution in [0.2, 0.25) is 10.0 Å². The van der Waals surface area contributed by atoms with E-state index in [1.807, 2.05) is 25.1 Å². The largest absolute Gasteiger partial charge is 0.490 e. The van der Waals surface area contributed by atoms with Crippen LogP contribution in [0.25, 0.3) is 0 Å². The standard InChI is InChI=1S/C19H23Cl2NO3/c1-3-24-19-9-14(11-22-10-13(2)23)7-8-18(19)25-12-15-16(20)5-4-6-17(15)21/h4-9,13,22-23H,3,10-12H2,1-2H3/t13-/m1/s1. The molecule has 2 aromatic rings. The van der Waals surface area contributed by atoms with Crippen LogP contribution in [-0.2, 0) is 13.2 Å². The predicted octanol–water partition coefficient (Wildman–Crippen LogP) is 4.44. The van der Waals surface area contributed by atoms with Crippen LogP contribution in [0.15, 0.2) is 36.4 Å². The first-order chi connectivity index (χ1) is 12.0. The maximum absolute atomic E-state index is 9.31. The van der Waals surface area contributed by atoms with Crippen molar-refractivity contribution < 1.29 is 14.6 Å². The lowest BCUT2D eigenvalue weighted by molar-refractivity contribution is 0.191. The molecule has 2 rings (SSSR count). The molecule has 2 aromatic carbocycles. The SMILES string of the molecule is CCOc1cc(CNC[C@@H](C)O)ccc1OCc1c(Cl)cccc1Cl. The molecule has 0 aliphatic carbocycles. The highest BCUT2D eigenvalue weighted by atomic mass is 35.5. The first-order valence-electron chi connectivity index (χ1n) is 8.21. The lowest BCUT2D eigenvalue weighted by atomic mass is 10.2. The molecule has 0 fully saturated rings. The van der Waals surface area contributed by atoms with Crippen molar-refractivity contribution >= 4 is 23.2 Å². The Morgan fingerprint density at radius 3 is 2.44 bits per heavy atom. The molecule has 0 saturated carbocycles. The van der Waals surface area contributed by atoms with E-state index in [-0.39, 0.29) is 12.7 Å². The Kier molecular flexibility index (Phi) is 7.85. The lowest BCUT2D eigenvalue weighted by Gasteiger charge is -2.15. The normalized spacial score (nSPS) is 12.0. The van der Waals surface area contributed by atoms with Gasteiger partial charge >= 0.3 is 0 Å². The van der Waals surface area contributed by atoms with Gasteiger partial charge in [-0.25, -0.2) is 0 Å². The summed E-state index contributed by atoms with van der Waals surface area (Å²) in [6.45, 7) is 5.64. The smallest absolute Gasteiger partial charge is 0.161 e. The van der Waals surface area contributed by atoms with E-state index in [2.05, 4.69) is 5.32 Å². The van der Waals surface area contributed by atoms with Gasteiger partial charge in [0.15, 0.2) is 11.5 Å². The van der Waals surface area contributed by atoms with Gasteiger partial charge in [-0.2, -0.15) is 0 Å². The third-order valence-electron chi connectivity index (χ3n) is 3.51. The van der Waals surface area contributed by atoms with Crippen molar-refractivity contribution in [1.82, 2.24) is 5.32 Å². The summed E-state index contributed by atoms with van der Waals surface area (Å²) in [5, 5.41) is 13.6. The Labute approximate surface area is 158 Å². The average Bonchev–Trinajstić information content (AvgIpc) is 2.56. The molecule has 0 aromatic heterocycles. The van der Waals surface area contributed by atoms with Crippen molar-refractivity contribution in [2.45, 2.75) is 33.1 Å². The molecule has 0 amide bonds. The fourth-order valence-electron chi connectivity index (χ4n) is 2.30. The predicted molar refractivity (Wildman–Crippen MR) is 102 cm³/mol. The van der Waals surface area contributed by atoms with Gasteiger partial charge in [0.25, 0.3) is 0 Å². The molecule has 0 bridgehead atoms. The van der Waals surface area contributed by atoms with Crippen molar-refractivity contribution in [3.8, 4) is 11.5 Å². The van der Waals surface area contributed by atoms with E-state index >= 15 is 0 Å². The summed E-state index contributed by atoms with van der Waals surface area (Å²) in [4.78, 5) is 0. The van der Waals surface area contributed by atoms with Gasteiger partial charge in [-0.15, -0.1) is 0 Å². The summed E-state index contributed by atoms with van der Waals surface area (Å²) < 4.78 is 11.6. The van der Waals surface area contributed by atoms with E-state index in [4.69, 9.17) is 32.7 Å². The molecule has 1 atom stereocenters. The van der Waals surface area contributed by atoms with Crippen LogP contribution in [0, 0.1) is 0 Å². The molecule has 136 valence electrons. The number of aliphatic hydroxyl groups is 1. The maximum Gasteiger partial charge on any atom is 0.161 e. The number of rotatable bonds is 9. The van der Waals surface area contributed by atoms with E-state index in [0.29, 0.717) is 41.2 Å². The van der Waals surface area contributed by atoms with Gasteiger partial charge in [-0.1, -0.05) is 35.3 Å². The summed E-state index contributed by atoms with van der Waals surface area (Å²) in [6, 6.07) is 11.1. The van der Waals surface area contributed by atoms with Gasteiger partial charge in [0, 0.05) is 28.7 Å². The fraction of sp³-hybridized carbons (Fsp3) is 0.368. The molecule has 0 radical (unpaired) electrons. The molecule has 0 spiro atoms. The van der Waals surface area contributed by atoms with Crippen molar-refractivity contribution in [2.75, 3.05) is 13.2 Å². The number of aliphatic hydroxyl groups excluding tert-OH is 1. The van der Waals surface area contributed by atoms with Crippen LogP contribution < -0.4 is 14.8 Å². The number of ether oxygens (including phenoxy) is 2. The van der Waals surface area contributed by atoms with Crippen molar-refractivity contribution in [1.29, 1.82) is 0 Å². The number of benzene rings is 2. The van der Waals surface area contributed by atoms with Gasteiger partial charge < -0.3 is 19.9 Å².